The lowest BCUT2D eigenvalue weighted by atomic mass is 10.2. The van der Waals surface area contributed by atoms with Gasteiger partial charge >= 0.3 is 0 Å². The quantitative estimate of drug-likeness (QED) is 0.314. The van der Waals surface area contributed by atoms with Crippen LogP contribution in [0.5, 0.6) is 0 Å². The molecular weight excluding hydrogens is 429 g/mol. The van der Waals surface area contributed by atoms with E-state index >= 15 is 0 Å². The fourth-order valence-electron chi connectivity index (χ4n) is 2.97. The molecule has 1 aromatic carbocycles. The highest BCUT2D eigenvalue weighted by atomic mass is 127. The molecule has 1 fully saturated rings. The molecule has 0 bridgehead atoms. The van der Waals surface area contributed by atoms with Crippen molar-refractivity contribution in [1.29, 1.82) is 0 Å². The maximum Gasteiger partial charge on any atom is 0.222 e. The van der Waals surface area contributed by atoms with Crippen molar-refractivity contribution < 1.29 is 4.79 Å². The molecule has 1 unspecified atom stereocenters. The Morgan fingerprint density at radius 2 is 2.08 bits per heavy atom. The van der Waals surface area contributed by atoms with Gasteiger partial charge in [0.1, 0.15) is 0 Å². The summed E-state index contributed by atoms with van der Waals surface area (Å²) in [6.45, 7) is 6.18. The number of aliphatic imine (C=N–C) groups is 1. The van der Waals surface area contributed by atoms with E-state index in [0.29, 0.717) is 31.5 Å². The van der Waals surface area contributed by atoms with Gasteiger partial charge in [-0.1, -0.05) is 37.3 Å². The second kappa shape index (κ2) is 12.1. The molecule has 0 spiro atoms. The Morgan fingerprint density at radius 1 is 1.32 bits per heavy atom. The average molecular weight is 459 g/mol. The van der Waals surface area contributed by atoms with Crippen LogP contribution in [-0.4, -0.2) is 49.0 Å². The smallest absolute Gasteiger partial charge is 0.222 e. The first kappa shape index (κ1) is 21.7. The third kappa shape index (κ3) is 8.04. The van der Waals surface area contributed by atoms with Gasteiger partial charge in [-0.2, -0.15) is 0 Å². The Kier molecular flexibility index (Phi) is 10.5. The molecule has 1 aliphatic rings. The second-order valence-electron chi connectivity index (χ2n) is 6.09. The van der Waals surface area contributed by atoms with Gasteiger partial charge in [-0.05, 0) is 31.5 Å². The number of nitrogens with two attached hydrogens (primary N) is 1. The minimum atomic E-state index is 0. The molecular formula is C18H30IN5O. The zero-order valence-corrected chi connectivity index (χ0v) is 17.2. The fraction of sp³-hybridized carbons (Fsp3) is 0.556. The second-order valence-corrected chi connectivity index (χ2v) is 6.09. The van der Waals surface area contributed by atoms with E-state index in [4.69, 9.17) is 5.73 Å². The minimum absolute atomic E-state index is 0. The summed E-state index contributed by atoms with van der Waals surface area (Å²) in [5, 5.41) is 5.91. The van der Waals surface area contributed by atoms with Crippen LogP contribution in [0.3, 0.4) is 0 Å². The molecule has 0 aliphatic carbocycles. The highest BCUT2D eigenvalue weighted by Crippen LogP contribution is 2.16. The minimum Gasteiger partial charge on any atom is -0.370 e. The summed E-state index contributed by atoms with van der Waals surface area (Å²) in [5.41, 5.74) is 6.97. The van der Waals surface area contributed by atoms with E-state index in [9.17, 15) is 4.79 Å². The van der Waals surface area contributed by atoms with Crippen LogP contribution < -0.4 is 16.4 Å². The highest BCUT2D eigenvalue weighted by molar-refractivity contribution is 14.0. The zero-order chi connectivity index (χ0) is 17.2. The number of amides is 1. The maximum atomic E-state index is 11.8. The van der Waals surface area contributed by atoms with E-state index in [1.54, 1.807) is 0 Å². The number of carbonyl (C=O) groups excluding carboxylic acids is 1. The van der Waals surface area contributed by atoms with Gasteiger partial charge in [0, 0.05) is 25.6 Å². The molecule has 7 heteroatoms. The first-order valence-electron chi connectivity index (χ1n) is 8.77. The third-order valence-corrected chi connectivity index (χ3v) is 4.37. The van der Waals surface area contributed by atoms with E-state index in [1.807, 2.05) is 30.3 Å². The lowest BCUT2D eigenvalue weighted by Crippen LogP contribution is -2.37. The van der Waals surface area contributed by atoms with Crippen LogP contribution in [0.2, 0.25) is 0 Å². The molecule has 4 N–H and O–H groups in total. The topological polar surface area (TPSA) is 82.8 Å². The summed E-state index contributed by atoms with van der Waals surface area (Å²) in [6.07, 6.45) is 2.81. The molecule has 6 nitrogen and oxygen atoms in total. The number of likely N-dealkylation sites (N-methyl/N-ethyl adjacent to an activating group) is 1. The number of benzene rings is 1. The van der Waals surface area contributed by atoms with Crippen molar-refractivity contribution in [3.05, 3.63) is 35.9 Å². The van der Waals surface area contributed by atoms with Gasteiger partial charge in [0.05, 0.1) is 6.54 Å². The number of nitrogens with zero attached hydrogens (tertiary/aromatic N) is 2. The molecule has 1 atom stereocenters. The Labute approximate surface area is 167 Å². The Hall–Kier alpha value is -1.35. The number of hydrogen-bond donors (Lipinski definition) is 3. The predicted molar refractivity (Wildman–Crippen MR) is 113 cm³/mol. The van der Waals surface area contributed by atoms with Crippen molar-refractivity contribution in [1.82, 2.24) is 15.5 Å². The molecule has 1 amide bonds. The molecule has 1 saturated heterocycles. The standard InChI is InChI=1S/C18H29N5O.HI/c1-2-23-12-6-9-16(23)14-22-18(19)20-11-10-17(24)21-13-15-7-4-3-5-8-15;/h3-5,7-8,16H,2,6,9-14H2,1H3,(H,21,24)(H3,19,20,22);1H. The summed E-state index contributed by atoms with van der Waals surface area (Å²) in [5.74, 6) is 0.431. The monoisotopic (exact) mass is 459 g/mol. The summed E-state index contributed by atoms with van der Waals surface area (Å²) >= 11 is 0. The number of guanidine groups is 1. The van der Waals surface area contributed by atoms with E-state index in [1.165, 1.54) is 12.8 Å². The van der Waals surface area contributed by atoms with Crippen LogP contribution in [0.25, 0.3) is 0 Å². The molecule has 0 saturated carbocycles. The molecule has 0 aromatic heterocycles. The van der Waals surface area contributed by atoms with Crippen molar-refractivity contribution in [2.45, 2.75) is 38.8 Å². The Morgan fingerprint density at radius 3 is 2.80 bits per heavy atom. The predicted octanol–water partition coefficient (Wildman–Crippen LogP) is 1.70. The number of likely N-dealkylation sites (tertiary alicyclic amines) is 1. The molecule has 140 valence electrons. The van der Waals surface area contributed by atoms with Crippen LogP contribution in [-0.2, 0) is 11.3 Å². The van der Waals surface area contributed by atoms with Gasteiger partial charge in [-0.25, -0.2) is 0 Å². The Bertz CT molecular complexity index is 538. The maximum absolute atomic E-state index is 11.8. The number of hydrogen-bond acceptors (Lipinski definition) is 3. The largest absolute Gasteiger partial charge is 0.370 e. The van der Waals surface area contributed by atoms with Crippen LogP contribution in [0, 0.1) is 0 Å². The number of rotatable bonds is 8. The SMILES string of the molecule is CCN1CCCC1CN=C(N)NCCC(=O)NCc1ccccc1.I. The van der Waals surface area contributed by atoms with Gasteiger partial charge < -0.3 is 16.4 Å². The molecule has 1 heterocycles. The average Bonchev–Trinajstić information content (AvgIpc) is 3.06. The van der Waals surface area contributed by atoms with Gasteiger partial charge in [0.25, 0.3) is 0 Å². The fourth-order valence-corrected chi connectivity index (χ4v) is 2.97. The summed E-state index contributed by atoms with van der Waals surface area (Å²) in [6, 6.07) is 10.4. The van der Waals surface area contributed by atoms with Crippen LogP contribution >= 0.6 is 24.0 Å². The molecule has 0 radical (unpaired) electrons. The van der Waals surface area contributed by atoms with E-state index in [-0.39, 0.29) is 29.9 Å². The first-order valence-corrected chi connectivity index (χ1v) is 8.77. The van der Waals surface area contributed by atoms with Crippen molar-refractivity contribution in [2.75, 3.05) is 26.2 Å². The van der Waals surface area contributed by atoms with Crippen molar-refractivity contribution in [2.24, 2.45) is 10.7 Å². The molecule has 2 rings (SSSR count). The molecule has 1 aromatic rings. The van der Waals surface area contributed by atoms with Crippen molar-refractivity contribution >= 4 is 35.8 Å². The lowest BCUT2D eigenvalue weighted by molar-refractivity contribution is -0.121. The lowest BCUT2D eigenvalue weighted by Gasteiger charge is -2.20. The van der Waals surface area contributed by atoms with E-state index < -0.39 is 0 Å². The summed E-state index contributed by atoms with van der Waals surface area (Å²) in [7, 11) is 0. The normalized spacial score (nSPS) is 17.8. The molecule has 25 heavy (non-hydrogen) atoms. The van der Waals surface area contributed by atoms with Gasteiger partial charge in [-0.3, -0.25) is 14.7 Å². The number of carbonyl (C=O) groups is 1. The van der Waals surface area contributed by atoms with Crippen molar-refractivity contribution in [3.63, 3.8) is 0 Å². The third-order valence-electron chi connectivity index (χ3n) is 4.37. The van der Waals surface area contributed by atoms with E-state index in [2.05, 4.69) is 27.4 Å². The van der Waals surface area contributed by atoms with Crippen molar-refractivity contribution in [3.8, 4) is 0 Å². The number of halogens is 1. The summed E-state index contributed by atoms with van der Waals surface area (Å²) in [4.78, 5) is 18.7. The van der Waals surface area contributed by atoms with Gasteiger partial charge in [0.15, 0.2) is 5.96 Å². The van der Waals surface area contributed by atoms with Crippen LogP contribution in [0.4, 0.5) is 0 Å². The highest BCUT2D eigenvalue weighted by Gasteiger charge is 2.22. The number of nitrogens with one attached hydrogen (secondary N) is 2. The molecule has 1 aliphatic heterocycles. The van der Waals surface area contributed by atoms with Crippen LogP contribution in [0.15, 0.2) is 35.3 Å². The first-order chi connectivity index (χ1) is 11.7. The van der Waals surface area contributed by atoms with Gasteiger partial charge in [0.2, 0.25) is 5.91 Å². The summed E-state index contributed by atoms with van der Waals surface area (Å²) < 4.78 is 0. The van der Waals surface area contributed by atoms with Gasteiger partial charge in [-0.15, -0.1) is 24.0 Å². The Balaban J connectivity index is 0.00000312. The zero-order valence-electron chi connectivity index (χ0n) is 14.9. The van der Waals surface area contributed by atoms with E-state index in [0.717, 1.165) is 25.2 Å². The van der Waals surface area contributed by atoms with Crippen LogP contribution in [0.1, 0.15) is 31.7 Å².